The first-order chi connectivity index (χ1) is 12.7. The number of primary amides is 1. The average Bonchev–Trinajstić information content (AvgIpc) is 3.32. The molecule has 0 aromatic carbocycles. The predicted molar refractivity (Wildman–Crippen MR) is 99.9 cm³/mol. The summed E-state index contributed by atoms with van der Waals surface area (Å²) >= 11 is 0. The number of pyridine rings is 1. The third-order valence-corrected chi connectivity index (χ3v) is 5.45. The van der Waals surface area contributed by atoms with Gasteiger partial charge in [0.15, 0.2) is 0 Å². The molecule has 138 valence electrons. The Hall–Kier alpha value is -2.41. The number of carbonyl (C=O) groups is 1. The molecule has 0 saturated carbocycles. The molecule has 1 atom stereocenters. The van der Waals surface area contributed by atoms with Gasteiger partial charge in [0.1, 0.15) is 5.82 Å². The smallest absolute Gasteiger partial charge is 0.252 e. The number of anilines is 1. The molecule has 2 aromatic rings. The molecular formula is C19H26N6O. The Bertz CT molecular complexity index is 763. The first kappa shape index (κ1) is 17.0. The normalized spacial score (nSPS) is 19.5. The Labute approximate surface area is 153 Å². The van der Waals surface area contributed by atoms with E-state index in [-0.39, 0.29) is 5.91 Å². The lowest BCUT2D eigenvalue weighted by atomic mass is 9.94. The number of aryl methyl sites for hydroxylation is 1. The molecule has 2 aromatic heterocycles. The number of aromatic nitrogens is 3. The standard InChI is InChI=1S/C19H26N6O/c20-19(26)16-13-23-25-8-5-14(9-17(16)25)10-21-11-15-3-4-18(22-12-15)24-6-1-2-7-24/h3-4,12-14,21H,1-2,5-11H2,(H2,20,26). The van der Waals surface area contributed by atoms with E-state index in [2.05, 4.69) is 32.4 Å². The number of hydrogen-bond donors (Lipinski definition) is 2. The van der Waals surface area contributed by atoms with Crippen molar-refractivity contribution in [1.82, 2.24) is 20.1 Å². The summed E-state index contributed by atoms with van der Waals surface area (Å²) in [5, 5.41) is 7.80. The van der Waals surface area contributed by atoms with E-state index in [9.17, 15) is 4.79 Å². The molecule has 0 aliphatic carbocycles. The molecule has 7 nitrogen and oxygen atoms in total. The Kier molecular flexibility index (Phi) is 4.88. The van der Waals surface area contributed by atoms with Gasteiger partial charge in [0, 0.05) is 32.4 Å². The fraction of sp³-hybridized carbons (Fsp3) is 0.526. The van der Waals surface area contributed by atoms with Crippen molar-refractivity contribution in [3.63, 3.8) is 0 Å². The van der Waals surface area contributed by atoms with Crippen LogP contribution in [-0.2, 0) is 19.5 Å². The van der Waals surface area contributed by atoms with Gasteiger partial charge in [-0.25, -0.2) is 4.98 Å². The van der Waals surface area contributed by atoms with Gasteiger partial charge in [-0.15, -0.1) is 0 Å². The first-order valence-corrected chi connectivity index (χ1v) is 9.46. The average molecular weight is 354 g/mol. The van der Waals surface area contributed by atoms with E-state index in [4.69, 9.17) is 5.73 Å². The second-order valence-electron chi connectivity index (χ2n) is 7.30. The molecule has 3 N–H and O–H groups in total. The van der Waals surface area contributed by atoms with Crippen LogP contribution in [0.1, 0.15) is 40.9 Å². The highest BCUT2D eigenvalue weighted by molar-refractivity contribution is 5.93. The SMILES string of the molecule is NC(=O)c1cnn2c1CC(CNCc1ccc(N3CCCC3)nc1)CC2. The number of nitrogens with zero attached hydrogens (tertiary/aromatic N) is 4. The molecule has 1 unspecified atom stereocenters. The zero-order valence-electron chi connectivity index (χ0n) is 15.0. The summed E-state index contributed by atoms with van der Waals surface area (Å²) in [5.41, 5.74) is 8.19. The number of carbonyl (C=O) groups excluding carboxylic acids is 1. The van der Waals surface area contributed by atoms with Crippen molar-refractivity contribution in [3.8, 4) is 0 Å². The second kappa shape index (κ2) is 7.45. The molecule has 26 heavy (non-hydrogen) atoms. The Balaban J connectivity index is 1.28. The highest BCUT2D eigenvalue weighted by Crippen LogP contribution is 2.22. The van der Waals surface area contributed by atoms with E-state index in [0.717, 1.165) is 57.1 Å². The number of rotatable bonds is 6. The molecule has 4 rings (SSSR count). The minimum atomic E-state index is -0.385. The molecule has 0 spiro atoms. The van der Waals surface area contributed by atoms with Crippen LogP contribution in [0.25, 0.3) is 0 Å². The fourth-order valence-electron chi connectivity index (χ4n) is 3.95. The zero-order chi connectivity index (χ0) is 17.9. The Morgan fingerprint density at radius 3 is 2.81 bits per heavy atom. The lowest BCUT2D eigenvalue weighted by molar-refractivity contribution is 0.0998. The van der Waals surface area contributed by atoms with Crippen LogP contribution in [0, 0.1) is 5.92 Å². The third kappa shape index (κ3) is 3.58. The fourth-order valence-corrected chi connectivity index (χ4v) is 3.95. The van der Waals surface area contributed by atoms with Crippen molar-refractivity contribution in [2.24, 2.45) is 11.7 Å². The van der Waals surface area contributed by atoms with Gasteiger partial charge < -0.3 is 16.0 Å². The number of hydrogen-bond acceptors (Lipinski definition) is 5. The number of nitrogens with two attached hydrogens (primary N) is 1. The largest absolute Gasteiger partial charge is 0.365 e. The van der Waals surface area contributed by atoms with Crippen LogP contribution in [0.15, 0.2) is 24.5 Å². The Morgan fingerprint density at radius 1 is 1.23 bits per heavy atom. The zero-order valence-corrected chi connectivity index (χ0v) is 15.0. The van der Waals surface area contributed by atoms with Gasteiger partial charge in [0.05, 0.1) is 17.5 Å². The maximum absolute atomic E-state index is 11.5. The highest BCUT2D eigenvalue weighted by atomic mass is 16.1. The number of nitrogens with one attached hydrogen (secondary N) is 1. The summed E-state index contributed by atoms with van der Waals surface area (Å²) in [7, 11) is 0. The molecule has 2 aliphatic heterocycles. The molecule has 1 amide bonds. The van der Waals surface area contributed by atoms with Crippen LogP contribution in [-0.4, -0.2) is 40.3 Å². The number of fused-ring (bicyclic) bond motifs is 1. The van der Waals surface area contributed by atoms with Crippen molar-refractivity contribution in [3.05, 3.63) is 41.3 Å². The molecule has 4 heterocycles. The van der Waals surface area contributed by atoms with E-state index in [1.807, 2.05) is 10.9 Å². The van der Waals surface area contributed by atoms with Crippen LogP contribution in [0.2, 0.25) is 0 Å². The summed E-state index contributed by atoms with van der Waals surface area (Å²) in [5.74, 6) is 1.20. The van der Waals surface area contributed by atoms with Crippen molar-refractivity contribution in [2.45, 2.75) is 38.8 Å². The van der Waals surface area contributed by atoms with Crippen molar-refractivity contribution < 1.29 is 4.79 Å². The molecule has 2 aliphatic rings. The van der Waals surface area contributed by atoms with E-state index in [0.29, 0.717) is 11.5 Å². The van der Waals surface area contributed by atoms with E-state index in [1.165, 1.54) is 18.4 Å². The van der Waals surface area contributed by atoms with Gasteiger partial charge in [0.2, 0.25) is 0 Å². The van der Waals surface area contributed by atoms with E-state index < -0.39 is 0 Å². The lowest BCUT2D eigenvalue weighted by Crippen LogP contribution is -2.30. The van der Waals surface area contributed by atoms with Crippen LogP contribution in [0.4, 0.5) is 5.82 Å². The van der Waals surface area contributed by atoms with Gasteiger partial charge in [-0.3, -0.25) is 9.48 Å². The van der Waals surface area contributed by atoms with Crippen molar-refractivity contribution in [1.29, 1.82) is 0 Å². The monoisotopic (exact) mass is 354 g/mol. The maximum Gasteiger partial charge on any atom is 0.252 e. The Morgan fingerprint density at radius 2 is 2.08 bits per heavy atom. The summed E-state index contributed by atoms with van der Waals surface area (Å²) in [6.07, 6.45) is 8.01. The maximum atomic E-state index is 11.5. The van der Waals surface area contributed by atoms with Crippen LogP contribution in [0.5, 0.6) is 0 Å². The van der Waals surface area contributed by atoms with Gasteiger partial charge in [-0.2, -0.15) is 5.10 Å². The van der Waals surface area contributed by atoms with Gasteiger partial charge in [-0.05, 0) is 49.8 Å². The third-order valence-electron chi connectivity index (χ3n) is 5.45. The molecule has 1 saturated heterocycles. The van der Waals surface area contributed by atoms with Gasteiger partial charge in [0.25, 0.3) is 5.91 Å². The van der Waals surface area contributed by atoms with Gasteiger partial charge >= 0.3 is 0 Å². The van der Waals surface area contributed by atoms with Crippen LogP contribution < -0.4 is 16.0 Å². The minimum Gasteiger partial charge on any atom is -0.365 e. The highest BCUT2D eigenvalue weighted by Gasteiger charge is 2.24. The molecule has 0 radical (unpaired) electrons. The first-order valence-electron chi connectivity index (χ1n) is 9.46. The van der Waals surface area contributed by atoms with Crippen LogP contribution in [0.3, 0.4) is 0 Å². The van der Waals surface area contributed by atoms with E-state index >= 15 is 0 Å². The summed E-state index contributed by atoms with van der Waals surface area (Å²) in [6, 6.07) is 4.29. The van der Waals surface area contributed by atoms with Crippen molar-refractivity contribution in [2.75, 3.05) is 24.5 Å². The summed E-state index contributed by atoms with van der Waals surface area (Å²) in [4.78, 5) is 18.5. The number of amides is 1. The summed E-state index contributed by atoms with van der Waals surface area (Å²) in [6.45, 7) is 4.82. The van der Waals surface area contributed by atoms with Gasteiger partial charge in [-0.1, -0.05) is 6.07 Å². The molecule has 0 bridgehead atoms. The quantitative estimate of drug-likeness (QED) is 0.817. The molecular weight excluding hydrogens is 328 g/mol. The predicted octanol–water partition coefficient (Wildman–Crippen LogP) is 1.33. The van der Waals surface area contributed by atoms with E-state index in [1.54, 1.807) is 6.20 Å². The minimum absolute atomic E-state index is 0.385. The topological polar surface area (TPSA) is 89.1 Å². The summed E-state index contributed by atoms with van der Waals surface area (Å²) < 4.78 is 1.91. The second-order valence-corrected chi connectivity index (χ2v) is 7.30. The lowest BCUT2D eigenvalue weighted by Gasteiger charge is -2.24. The molecule has 7 heteroatoms. The van der Waals surface area contributed by atoms with Crippen molar-refractivity contribution >= 4 is 11.7 Å². The van der Waals surface area contributed by atoms with Crippen LogP contribution >= 0.6 is 0 Å². The molecule has 1 fully saturated rings.